The second kappa shape index (κ2) is 9.25. The number of hydrogen-bond donors (Lipinski definition) is 3. The van der Waals surface area contributed by atoms with Crippen LogP contribution in [-0.2, 0) is 11.3 Å². The number of nitrogen functional groups attached to an aromatic ring is 1. The fourth-order valence-electron chi connectivity index (χ4n) is 3.16. The summed E-state index contributed by atoms with van der Waals surface area (Å²) >= 11 is 0. The number of amides is 2. The van der Waals surface area contributed by atoms with Crippen LogP contribution < -0.4 is 16.4 Å². The molecule has 3 rings (SSSR count). The maximum Gasteiger partial charge on any atom is 0.251 e. The summed E-state index contributed by atoms with van der Waals surface area (Å²) in [6.45, 7) is 0.390. The molecule has 1 aliphatic carbocycles. The minimum Gasteiger partial charge on any atom is -0.399 e. The summed E-state index contributed by atoms with van der Waals surface area (Å²) in [7, 11) is 0. The van der Waals surface area contributed by atoms with E-state index in [-0.39, 0.29) is 30.1 Å². The van der Waals surface area contributed by atoms with Crippen LogP contribution in [0.1, 0.15) is 41.6 Å². The van der Waals surface area contributed by atoms with Crippen molar-refractivity contribution in [2.24, 2.45) is 5.92 Å². The molecule has 2 amide bonds. The number of anilines is 2. The minimum atomic E-state index is -0.173. The monoisotopic (exact) mass is 373 g/mol. The van der Waals surface area contributed by atoms with E-state index in [4.69, 9.17) is 5.73 Å². The number of nitrogens with one attached hydrogen (secondary N) is 2. The van der Waals surface area contributed by atoms with Crippen LogP contribution in [0.25, 0.3) is 0 Å². The number of benzene rings is 2. The number of carbonyl (C=O) groups excluding carboxylic acids is 2. The van der Waals surface area contributed by atoms with Crippen LogP contribution in [0.5, 0.6) is 0 Å². The molecule has 1 aliphatic rings. The van der Waals surface area contributed by atoms with Crippen molar-refractivity contribution in [1.29, 1.82) is 0 Å². The van der Waals surface area contributed by atoms with Crippen LogP contribution in [0.4, 0.5) is 11.4 Å². The van der Waals surface area contributed by atoms with Crippen LogP contribution in [0.2, 0.25) is 0 Å². The summed E-state index contributed by atoms with van der Waals surface area (Å²) in [5.74, 6) is 0.0537. The standard InChI is InChI=1S/C20H23N3O2.ClH/c21-17-9-4-8-16(12-17)19(24)22-13-14-5-3-10-18(11-14)23-20(25)15-6-1-2-7-15;/h3-5,8-12,15H,1-2,6-7,13,21H2,(H,22,24)(H,23,25);1H. The second-order valence-corrected chi connectivity index (χ2v) is 6.48. The van der Waals surface area contributed by atoms with Crippen molar-refractivity contribution in [1.82, 2.24) is 5.32 Å². The lowest BCUT2D eigenvalue weighted by molar-refractivity contribution is -0.119. The molecule has 138 valence electrons. The van der Waals surface area contributed by atoms with Gasteiger partial charge in [-0.3, -0.25) is 9.59 Å². The second-order valence-electron chi connectivity index (χ2n) is 6.48. The van der Waals surface area contributed by atoms with Gasteiger partial charge in [0.1, 0.15) is 0 Å². The van der Waals surface area contributed by atoms with Gasteiger partial charge in [-0.15, -0.1) is 12.4 Å². The molecule has 4 N–H and O–H groups in total. The summed E-state index contributed by atoms with van der Waals surface area (Å²) < 4.78 is 0. The van der Waals surface area contributed by atoms with Gasteiger partial charge in [0, 0.05) is 29.4 Å². The topological polar surface area (TPSA) is 84.2 Å². The minimum absolute atomic E-state index is 0. The van der Waals surface area contributed by atoms with Gasteiger partial charge in [0.15, 0.2) is 0 Å². The lowest BCUT2D eigenvalue weighted by atomic mass is 10.1. The smallest absolute Gasteiger partial charge is 0.251 e. The van der Waals surface area contributed by atoms with Gasteiger partial charge >= 0.3 is 0 Å². The first kappa shape index (κ1) is 19.8. The van der Waals surface area contributed by atoms with E-state index in [1.165, 1.54) is 0 Å². The molecule has 5 nitrogen and oxygen atoms in total. The Hall–Kier alpha value is -2.53. The van der Waals surface area contributed by atoms with E-state index in [0.29, 0.717) is 17.8 Å². The number of hydrogen-bond acceptors (Lipinski definition) is 3. The van der Waals surface area contributed by atoms with E-state index in [1.807, 2.05) is 24.3 Å². The molecule has 0 spiro atoms. The number of carbonyl (C=O) groups is 2. The first-order chi connectivity index (χ1) is 12.1. The average molecular weight is 374 g/mol. The molecule has 1 saturated carbocycles. The lowest BCUT2D eigenvalue weighted by Gasteiger charge is -2.12. The van der Waals surface area contributed by atoms with Crippen molar-refractivity contribution >= 4 is 35.6 Å². The largest absolute Gasteiger partial charge is 0.399 e. The zero-order chi connectivity index (χ0) is 17.6. The van der Waals surface area contributed by atoms with Crippen LogP contribution in [-0.4, -0.2) is 11.8 Å². The van der Waals surface area contributed by atoms with Crippen molar-refractivity contribution in [3.05, 3.63) is 59.7 Å². The molecule has 0 unspecified atom stereocenters. The Morgan fingerprint density at radius 1 is 1.04 bits per heavy atom. The third-order valence-corrected chi connectivity index (χ3v) is 4.52. The molecule has 2 aromatic rings. The summed E-state index contributed by atoms with van der Waals surface area (Å²) in [6.07, 6.45) is 4.21. The first-order valence-corrected chi connectivity index (χ1v) is 8.65. The molecule has 0 aliphatic heterocycles. The molecular formula is C20H24ClN3O2. The highest BCUT2D eigenvalue weighted by molar-refractivity contribution is 5.95. The summed E-state index contributed by atoms with van der Waals surface area (Å²) in [4.78, 5) is 24.4. The van der Waals surface area contributed by atoms with Gasteiger partial charge in [-0.2, -0.15) is 0 Å². The fourth-order valence-corrected chi connectivity index (χ4v) is 3.16. The number of nitrogens with two attached hydrogens (primary N) is 1. The Labute approximate surface area is 159 Å². The molecule has 2 aromatic carbocycles. The average Bonchev–Trinajstić information content (AvgIpc) is 3.15. The van der Waals surface area contributed by atoms with E-state index in [0.717, 1.165) is 36.9 Å². The van der Waals surface area contributed by atoms with Gasteiger partial charge in [-0.25, -0.2) is 0 Å². The van der Waals surface area contributed by atoms with Crippen LogP contribution in [0.3, 0.4) is 0 Å². The van der Waals surface area contributed by atoms with Crippen LogP contribution >= 0.6 is 12.4 Å². The molecule has 26 heavy (non-hydrogen) atoms. The predicted molar refractivity (Wildman–Crippen MR) is 106 cm³/mol. The molecule has 0 aromatic heterocycles. The summed E-state index contributed by atoms with van der Waals surface area (Å²) in [5, 5.41) is 5.85. The molecular weight excluding hydrogens is 350 g/mol. The molecule has 0 bridgehead atoms. The van der Waals surface area contributed by atoms with Gasteiger partial charge in [0.2, 0.25) is 5.91 Å². The molecule has 0 atom stereocenters. The summed E-state index contributed by atoms with van der Waals surface area (Å²) in [5.41, 5.74) is 8.50. The molecule has 0 heterocycles. The normalized spacial score (nSPS) is 13.7. The van der Waals surface area contributed by atoms with Gasteiger partial charge in [0.05, 0.1) is 0 Å². The van der Waals surface area contributed by atoms with Gasteiger partial charge in [-0.05, 0) is 48.7 Å². The van der Waals surface area contributed by atoms with E-state index in [2.05, 4.69) is 10.6 Å². The first-order valence-electron chi connectivity index (χ1n) is 8.65. The number of rotatable bonds is 5. The van der Waals surface area contributed by atoms with E-state index in [1.54, 1.807) is 24.3 Å². The Balaban J connectivity index is 0.00000243. The van der Waals surface area contributed by atoms with E-state index >= 15 is 0 Å². The number of halogens is 1. The molecule has 6 heteroatoms. The van der Waals surface area contributed by atoms with Crippen molar-refractivity contribution in [2.75, 3.05) is 11.1 Å². The Kier molecular flexibility index (Phi) is 7.04. The lowest BCUT2D eigenvalue weighted by Crippen LogP contribution is -2.23. The van der Waals surface area contributed by atoms with Crippen molar-refractivity contribution in [3.8, 4) is 0 Å². The SMILES string of the molecule is Cl.Nc1cccc(C(=O)NCc2cccc(NC(=O)C3CCCC3)c2)c1. The Bertz CT molecular complexity index is 773. The molecule has 1 fully saturated rings. The van der Waals surface area contributed by atoms with Crippen molar-refractivity contribution in [2.45, 2.75) is 32.2 Å². The van der Waals surface area contributed by atoms with E-state index < -0.39 is 0 Å². The quantitative estimate of drug-likeness (QED) is 0.698. The van der Waals surface area contributed by atoms with Crippen LogP contribution in [0, 0.1) is 5.92 Å². The molecule has 0 radical (unpaired) electrons. The predicted octanol–water partition coefficient (Wildman–Crippen LogP) is 3.75. The highest BCUT2D eigenvalue weighted by Crippen LogP contribution is 2.26. The Morgan fingerprint density at radius 2 is 1.77 bits per heavy atom. The van der Waals surface area contributed by atoms with Crippen LogP contribution in [0.15, 0.2) is 48.5 Å². The maximum absolute atomic E-state index is 12.2. The van der Waals surface area contributed by atoms with Gasteiger partial charge < -0.3 is 16.4 Å². The van der Waals surface area contributed by atoms with Gasteiger partial charge in [0.25, 0.3) is 5.91 Å². The highest BCUT2D eigenvalue weighted by Gasteiger charge is 2.22. The van der Waals surface area contributed by atoms with Gasteiger partial charge in [-0.1, -0.05) is 31.0 Å². The molecule has 0 saturated heterocycles. The Morgan fingerprint density at radius 3 is 2.50 bits per heavy atom. The fraction of sp³-hybridized carbons (Fsp3) is 0.300. The highest BCUT2D eigenvalue weighted by atomic mass is 35.5. The van der Waals surface area contributed by atoms with E-state index in [9.17, 15) is 9.59 Å². The summed E-state index contributed by atoms with van der Waals surface area (Å²) in [6, 6.07) is 14.4. The third kappa shape index (κ3) is 5.23. The zero-order valence-corrected chi connectivity index (χ0v) is 15.4. The van der Waals surface area contributed by atoms with Crippen molar-refractivity contribution < 1.29 is 9.59 Å². The maximum atomic E-state index is 12.2. The zero-order valence-electron chi connectivity index (χ0n) is 14.5. The van der Waals surface area contributed by atoms with Crippen molar-refractivity contribution in [3.63, 3.8) is 0 Å². The third-order valence-electron chi connectivity index (χ3n) is 4.52.